The zero-order chi connectivity index (χ0) is 14.8. The van der Waals surface area contributed by atoms with Gasteiger partial charge in [-0.05, 0) is 26.9 Å². The van der Waals surface area contributed by atoms with Crippen molar-refractivity contribution in [3.8, 4) is 0 Å². The van der Waals surface area contributed by atoms with Gasteiger partial charge in [0.1, 0.15) is 11.3 Å². The molecule has 1 N–H and O–H groups in total. The lowest BCUT2D eigenvalue weighted by molar-refractivity contribution is 0.0106. The summed E-state index contributed by atoms with van der Waals surface area (Å²) < 4.78 is 1.61. The molecule has 0 unspecified atom stereocenters. The van der Waals surface area contributed by atoms with E-state index in [4.69, 9.17) is 11.6 Å². The first-order valence-electron chi connectivity index (χ1n) is 7.07. The van der Waals surface area contributed by atoms with Gasteiger partial charge in [0.15, 0.2) is 0 Å². The van der Waals surface area contributed by atoms with Crippen molar-refractivity contribution in [2.24, 2.45) is 0 Å². The summed E-state index contributed by atoms with van der Waals surface area (Å²) in [4.78, 5) is 14.7. The average molecular weight is 300 g/mol. The molecule has 0 amide bonds. The van der Waals surface area contributed by atoms with Crippen LogP contribution in [0.1, 0.15) is 42.6 Å². The van der Waals surface area contributed by atoms with E-state index in [2.05, 4.69) is 5.10 Å². The van der Waals surface area contributed by atoms with Crippen molar-refractivity contribution >= 4 is 17.4 Å². The molecule has 2 rings (SSSR count). The normalized spacial score (nSPS) is 18.4. The minimum atomic E-state index is -1.27. The number of Topliss-reactive ketones (excluding diaryl/α,β-unsaturated/α-hetero) is 1. The van der Waals surface area contributed by atoms with Gasteiger partial charge in [-0.15, -0.1) is 0 Å². The van der Waals surface area contributed by atoms with Gasteiger partial charge in [0.05, 0.1) is 17.8 Å². The number of carbonyl (C=O) groups excluding carboxylic acids is 1. The van der Waals surface area contributed by atoms with Crippen LogP contribution in [0.2, 0.25) is 5.02 Å². The fourth-order valence-electron chi connectivity index (χ4n) is 2.64. The van der Waals surface area contributed by atoms with Gasteiger partial charge in [-0.1, -0.05) is 30.9 Å². The molecule has 20 heavy (non-hydrogen) atoms. The standard InChI is InChI=1S/C14H22ClN3O2/c1-17(2)8-9-18-12(11(15)10-16-18)13(19)14(20)6-4-3-5-7-14/h10,20H,3-9H2,1-2H3. The second-order valence-electron chi connectivity index (χ2n) is 5.79. The largest absolute Gasteiger partial charge is 0.382 e. The zero-order valence-electron chi connectivity index (χ0n) is 12.1. The van der Waals surface area contributed by atoms with Gasteiger partial charge in [0.25, 0.3) is 0 Å². The molecule has 0 atom stereocenters. The Morgan fingerprint density at radius 3 is 2.70 bits per heavy atom. The van der Waals surface area contributed by atoms with Crippen LogP contribution >= 0.6 is 11.6 Å². The van der Waals surface area contributed by atoms with Gasteiger partial charge < -0.3 is 10.0 Å². The quantitative estimate of drug-likeness (QED) is 0.845. The molecule has 1 aromatic heterocycles. The summed E-state index contributed by atoms with van der Waals surface area (Å²) in [6, 6.07) is 0. The third-order valence-electron chi connectivity index (χ3n) is 3.87. The molecule has 1 aliphatic rings. The van der Waals surface area contributed by atoms with Crippen molar-refractivity contribution in [3.63, 3.8) is 0 Å². The summed E-state index contributed by atoms with van der Waals surface area (Å²) in [5.74, 6) is -0.279. The molecular formula is C14H22ClN3O2. The van der Waals surface area contributed by atoms with Crippen molar-refractivity contribution in [1.82, 2.24) is 14.7 Å². The maximum Gasteiger partial charge on any atom is 0.213 e. The molecule has 0 spiro atoms. The Kier molecular flexibility index (Phi) is 4.83. The van der Waals surface area contributed by atoms with Gasteiger partial charge >= 0.3 is 0 Å². The van der Waals surface area contributed by atoms with Crippen LogP contribution in [0.15, 0.2) is 6.20 Å². The van der Waals surface area contributed by atoms with Crippen LogP contribution < -0.4 is 0 Å². The van der Waals surface area contributed by atoms with Crippen LogP contribution in [-0.2, 0) is 6.54 Å². The van der Waals surface area contributed by atoms with Crippen LogP contribution in [0.5, 0.6) is 0 Å². The Morgan fingerprint density at radius 1 is 1.45 bits per heavy atom. The van der Waals surface area contributed by atoms with Crippen molar-refractivity contribution in [1.29, 1.82) is 0 Å². The molecule has 5 nitrogen and oxygen atoms in total. The first-order chi connectivity index (χ1) is 9.44. The first kappa shape index (κ1) is 15.5. The Balaban J connectivity index is 2.22. The fourth-order valence-corrected chi connectivity index (χ4v) is 2.86. The van der Waals surface area contributed by atoms with E-state index in [-0.39, 0.29) is 5.78 Å². The molecule has 0 saturated heterocycles. The van der Waals surface area contributed by atoms with E-state index in [0.717, 1.165) is 25.8 Å². The van der Waals surface area contributed by atoms with E-state index in [1.54, 1.807) is 4.68 Å². The second-order valence-corrected chi connectivity index (χ2v) is 6.20. The summed E-state index contributed by atoms with van der Waals surface area (Å²) in [6.07, 6.45) is 5.35. The minimum absolute atomic E-state index is 0.279. The molecule has 1 saturated carbocycles. The molecule has 0 radical (unpaired) electrons. The smallest absolute Gasteiger partial charge is 0.213 e. The average Bonchev–Trinajstić information content (AvgIpc) is 2.77. The molecule has 112 valence electrons. The topological polar surface area (TPSA) is 58.4 Å². The Bertz CT molecular complexity index is 479. The van der Waals surface area contributed by atoms with Crippen molar-refractivity contribution in [2.75, 3.05) is 20.6 Å². The molecule has 0 aromatic carbocycles. The lowest BCUT2D eigenvalue weighted by Crippen LogP contribution is -2.42. The molecule has 6 heteroatoms. The Labute approximate surface area is 124 Å². The molecule has 1 heterocycles. The predicted molar refractivity (Wildman–Crippen MR) is 78.2 cm³/mol. The lowest BCUT2D eigenvalue weighted by Gasteiger charge is -2.30. The highest BCUT2D eigenvalue weighted by Crippen LogP contribution is 2.32. The third kappa shape index (κ3) is 3.22. The Hall–Kier alpha value is -0.910. The second kappa shape index (κ2) is 6.24. The van der Waals surface area contributed by atoms with Crippen molar-refractivity contribution < 1.29 is 9.90 Å². The number of ketones is 1. The molecule has 0 bridgehead atoms. The monoisotopic (exact) mass is 299 g/mol. The van der Waals surface area contributed by atoms with Gasteiger partial charge in [0.2, 0.25) is 5.78 Å². The van der Waals surface area contributed by atoms with E-state index in [0.29, 0.717) is 30.1 Å². The number of likely N-dealkylation sites (N-methyl/N-ethyl adjacent to an activating group) is 1. The van der Waals surface area contributed by atoms with Gasteiger partial charge in [-0.25, -0.2) is 0 Å². The number of aliphatic hydroxyl groups is 1. The van der Waals surface area contributed by atoms with Gasteiger partial charge in [0, 0.05) is 6.54 Å². The number of rotatable bonds is 5. The third-order valence-corrected chi connectivity index (χ3v) is 4.15. The van der Waals surface area contributed by atoms with Crippen LogP contribution in [0.3, 0.4) is 0 Å². The molecular weight excluding hydrogens is 278 g/mol. The zero-order valence-corrected chi connectivity index (χ0v) is 12.9. The van der Waals surface area contributed by atoms with Crippen LogP contribution in [0.25, 0.3) is 0 Å². The van der Waals surface area contributed by atoms with E-state index in [1.807, 2.05) is 19.0 Å². The van der Waals surface area contributed by atoms with E-state index >= 15 is 0 Å². The summed E-state index contributed by atoms with van der Waals surface area (Å²) in [7, 11) is 3.92. The Morgan fingerprint density at radius 2 is 2.10 bits per heavy atom. The molecule has 1 aliphatic carbocycles. The summed E-state index contributed by atoms with van der Waals surface area (Å²) in [5, 5.41) is 15.1. The predicted octanol–water partition coefficient (Wildman–Crippen LogP) is 1.98. The SMILES string of the molecule is CN(C)CCn1ncc(Cl)c1C(=O)C1(O)CCCCC1. The maximum absolute atomic E-state index is 12.7. The van der Waals surface area contributed by atoms with Crippen LogP contribution in [0.4, 0.5) is 0 Å². The maximum atomic E-state index is 12.7. The van der Waals surface area contributed by atoms with Gasteiger partial charge in [-0.2, -0.15) is 5.10 Å². The lowest BCUT2D eigenvalue weighted by atomic mass is 9.81. The number of nitrogens with zero attached hydrogens (tertiary/aromatic N) is 3. The summed E-state index contributed by atoms with van der Waals surface area (Å²) >= 11 is 6.11. The highest BCUT2D eigenvalue weighted by molar-refractivity contribution is 6.34. The highest BCUT2D eigenvalue weighted by atomic mass is 35.5. The van der Waals surface area contributed by atoms with Crippen LogP contribution in [-0.4, -0.2) is 51.8 Å². The van der Waals surface area contributed by atoms with E-state index < -0.39 is 5.60 Å². The summed E-state index contributed by atoms with van der Waals surface area (Å²) in [6.45, 7) is 1.34. The minimum Gasteiger partial charge on any atom is -0.382 e. The molecule has 0 aliphatic heterocycles. The van der Waals surface area contributed by atoms with Crippen molar-refractivity contribution in [3.05, 3.63) is 16.9 Å². The molecule has 1 fully saturated rings. The number of carbonyl (C=O) groups is 1. The first-order valence-corrected chi connectivity index (χ1v) is 7.45. The number of hydrogen-bond acceptors (Lipinski definition) is 4. The highest BCUT2D eigenvalue weighted by Gasteiger charge is 2.40. The number of halogens is 1. The fraction of sp³-hybridized carbons (Fsp3) is 0.714. The molecule has 1 aromatic rings. The van der Waals surface area contributed by atoms with E-state index in [1.165, 1.54) is 6.20 Å². The van der Waals surface area contributed by atoms with Crippen molar-refractivity contribution in [2.45, 2.75) is 44.2 Å². The van der Waals surface area contributed by atoms with Crippen LogP contribution in [0, 0.1) is 0 Å². The summed E-state index contributed by atoms with van der Waals surface area (Å²) in [5.41, 5.74) is -0.921. The van der Waals surface area contributed by atoms with E-state index in [9.17, 15) is 9.90 Å². The number of hydrogen-bond donors (Lipinski definition) is 1. The number of aromatic nitrogens is 2. The van der Waals surface area contributed by atoms with Gasteiger partial charge in [-0.3, -0.25) is 9.48 Å².